The molecule has 0 saturated heterocycles. The van der Waals surface area contributed by atoms with Crippen LogP contribution in [-0.2, 0) is 15.6 Å². The van der Waals surface area contributed by atoms with Crippen LogP contribution in [0.5, 0.6) is 0 Å². The van der Waals surface area contributed by atoms with Gasteiger partial charge >= 0.3 is 0 Å². The van der Waals surface area contributed by atoms with Gasteiger partial charge in [0, 0.05) is 23.2 Å². The number of amides is 1. The predicted octanol–water partition coefficient (Wildman–Crippen LogP) is 2.73. The molecule has 2 heterocycles. The Balaban J connectivity index is 1.44. The van der Waals surface area contributed by atoms with Crippen LogP contribution in [0.2, 0.25) is 0 Å². The molecule has 0 unspecified atom stereocenters. The van der Waals surface area contributed by atoms with Crippen LogP contribution in [-0.4, -0.2) is 44.5 Å². The zero-order valence-electron chi connectivity index (χ0n) is 16.5. The van der Waals surface area contributed by atoms with Gasteiger partial charge in [-0.05, 0) is 38.8 Å². The Hall–Kier alpha value is -2.69. The predicted molar refractivity (Wildman–Crippen MR) is 106 cm³/mol. The lowest BCUT2D eigenvalue weighted by atomic mass is 9.92. The van der Waals surface area contributed by atoms with E-state index in [2.05, 4.69) is 20.6 Å². The van der Waals surface area contributed by atoms with E-state index in [0.29, 0.717) is 36.0 Å². The second-order valence-electron chi connectivity index (χ2n) is 7.54. The molecule has 2 atom stereocenters. The van der Waals surface area contributed by atoms with Gasteiger partial charge in [0.1, 0.15) is 11.7 Å². The molecule has 1 aliphatic heterocycles. The molecular weight excluding hydrogens is 419 g/mol. The van der Waals surface area contributed by atoms with Crippen molar-refractivity contribution in [2.75, 3.05) is 22.6 Å². The Kier molecular flexibility index (Phi) is 5.16. The maximum absolute atomic E-state index is 13.4. The zero-order valence-corrected chi connectivity index (χ0v) is 17.3. The number of hydrogen-bond acceptors (Lipinski definition) is 6. The van der Waals surface area contributed by atoms with Crippen LogP contribution < -0.4 is 15.5 Å². The van der Waals surface area contributed by atoms with Crippen molar-refractivity contribution in [3.8, 4) is 0 Å². The fourth-order valence-corrected chi connectivity index (χ4v) is 5.13. The number of carbonyl (C=O) groups excluding carboxylic acids is 1. The number of benzene rings is 1. The van der Waals surface area contributed by atoms with Gasteiger partial charge in [0.25, 0.3) is 0 Å². The molecule has 1 fully saturated rings. The first-order chi connectivity index (χ1) is 14.2. The van der Waals surface area contributed by atoms with Gasteiger partial charge in [-0.2, -0.15) is 4.98 Å². The maximum atomic E-state index is 13.4. The number of aryl methyl sites for hydroxylation is 1. The summed E-state index contributed by atoms with van der Waals surface area (Å²) in [5.41, 5.74) is 1.19. The molecule has 30 heavy (non-hydrogen) atoms. The van der Waals surface area contributed by atoms with Gasteiger partial charge < -0.3 is 15.5 Å². The monoisotopic (exact) mass is 439 g/mol. The molecule has 160 valence electrons. The SMILES string of the molecule is Cc1nc(NC2CC([S@](=O)c3cc(F)c(F)c(F)c3)C2)nc2c1NC(=O)[C@H](C)N2C. The minimum Gasteiger partial charge on any atom is -0.351 e. The Bertz CT molecular complexity index is 1040. The third-order valence-corrected chi connectivity index (χ3v) is 7.22. The van der Waals surface area contributed by atoms with E-state index in [1.165, 1.54) is 0 Å². The molecule has 11 heteroatoms. The second kappa shape index (κ2) is 7.53. The molecule has 2 aliphatic rings. The van der Waals surface area contributed by atoms with Crippen molar-refractivity contribution in [2.24, 2.45) is 0 Å². The molecule has 7 nitrogen and oxygen atoms in total. The van der Waals surface area contributed by atoms with Gasteiger partial charge in [-0.25, -0.2) is 18.2 Å². The quantitative estimate of drug-likeness (QED) is 0.713. The fourth-order valence-electron chi connectivity index (χ4n) is 3.49. The van der Waals surface area contributed by atoms with Crippen LogP contribution in [0.15, 0.2) is 17.0 Å². The average molecular weight is 439 g/mol. The molecule has 4 rings (SSSR count). The molecule has 2 N–H and O–H groups in total. The zero-order chi connectivity index (χ0) is 21.7. The van der Waals surface area contributed by atoms with E-state index in [-0.39, 0.29) is 28.1 Å². The fraction of sp³-hybridized carbons (Fsp3) is 0.421. The first-order valence-corrected chi connectivity index (χ1v) is 10.6. The van der Waals surface area contributed by atoms with Crippen molar-refractivity contribution >= 4 is 34.2 Å². The summed E-state index contributed by atoms with van der Waals surface area (Å²) in [5.74, 6) is -3.41. The van der Waals surface area contributed by atoms with E-state index < -0.39 is 28.3 Å². The number of halogens is 3. The lowest BCUT2D eigenvalue weighted by molar-refractivity contribution is -0.117. The van der Waals surface area contributed by atoms with Crippen LogP contribution >= 0.6 is 0 Å². The average Bonchev–Trinajstić information content (AvgIpc) is 2.67. The van der Waals surface area contributed by atoms with Crippen molar-refractivity contribution in [1.29, 1.82) is 0 Å². The third-order valence-electron chi connectivity index (χ3n) is 5.53. The van der Waals surface area contributed by atoms with Gasteiger partial charge in [0.15, 0.2) is 23.3 Å². The summed E-state index contributed by atoms with van der Waals surface area (Å²) in [6.45, 7) is 3.54. The van der Waals surface area contributed by atoms with Gasteiger partial charge in [0.2, 0.25) is 11.9 Å². The van der Waals surface area contributed by atoms with Crippen molar-refractivity contribution in [1.82, 2.24) is 9.97 Å². The molecule has 0 radical (unpaired) electrons. The molecule has 1 amide bonds. The summed E-state index contributed by atoms with van der Waals surface area (Å²) in [6.07, 6.45) is 0.964. The number of likely N-dealkylation sites (N-methyl/N-ethyl adjacent to an activating group) is 1. The lowest BCUT2D eigenvalue weighted by Gasteiger charge is -2.36. The van der Waals surface area contributed by atoms with E-state index in [4.69, 9.17) is 0 Å². The Morgan fingerprint density at radius 2 is 1.83 bits per heavy atom. The lowest BCUT2D eigenvalue weighted by Crippen LogP contribution is -2.45. The highest BCUT2D eigenvalue weighted by atomic mass is 32.2. The molecule has 1 aromatic heterocycles. The molecule has 0 spiro atoms. The Morgan fingerprint density at radius 1 is 1.20 bits per heavy atom. The molecule has 1 aromatic carbocycles. The summed E-state index contributed by atoms with van der Waals surface area (Å²) >= 11 is 0. The number of hydrogen-bond donors (Lipinski definition) is 2. The number of nitrogens with one attached hydrogen (secondary N) is 2. The Labute approximate surface area is 173 Å². The molecule has 0 bridgehead atoms. The number of nitrogens with zero attached hydrogens (tertiary/aromatic N) is 3. The van der Waals surface area contributed by atoms with Crippen LogP contribution in [0.1, 0.15) is 25.5 Å². The number of rotatable bonds is 4. The molecule has 1 saturated carbocycles. The minimum absolute atomic E-state index is 0.0625. The summed E-state index contributed by atoms with van der Waals surface area (Å²) in [4.78, 5) is 22.6. The van der Waals surface area contributed by atoms with Gasteiger partial charge in [-0.15, -0.1) is 0 Å². The summed E-state index contributed by atoms with van der Waals surface area (Å²) < 4.78 is 52.4. The summed E-state index contributed by atoms with van der Waals surface area (Å²) in [7, 11) is 0.127. The molecule has 1 aliphatic carbocycles. The second-order valence-corrected chi connectivity index (χ2v) is 9.27. The topological polar surface area (TPSA) is 87.2 Å². The summed E-state index contributed by atoms with van der Waals surface area (Å²) in [5, 5.41) is 5.68. The van der Waals surface area contributed by atoms with Crippen LogP contribution in [0.4, 0.5) is 30.6 Å². The van der Waals surface area contributed by atoms with Gasteiger partial charge in [-0.1, -0.05) is 0 Å². The first-order valence-electron chi connectivity index (χ1n) is 9.39. The van der Waals surface area contributed by atoms with E-state index in [9.17, 15) is 22.2 Å². The van der Waals surface area contributed by atoms with Crippen molar-refractivity contribution in [3.05, 3.63) is 35.3 Å². The largest absolute Gasteiger partial charge is 0.351 e. The Morgan fingerprint density at radius 3 is 2.47 bits per heavy atom. The standard InChI is InChI=1S/C19H20F3N5O2S/c1-8-16-17(27(3)9(2)18(28)25-16)26-19(23-8)24-10-4-11(5-10)30(29)12-6-13(20)15(22)14(21)7-12/h6-7,9-11H,4-5H2,1-3H3,(H,25,28)(H,23,24,26)/t9-,10?,11?,30-/m0/s1. The smallest absolute Gasteiger partial charge is 0.246 e. The highest BCUT2D eigenvalue weighted by Crippen LogP contribution is 2.35. The maximum Gasteiger partial charge on any atom is 0.246 e. The van der Waals surface area contributed by atoms with Crippen molar-refractivity contribution < 1.29 is 22.2 Å². The van der Waals surface area contributed by atoms with Crippen molar-refractivity contribution in [3.63, 3.8) is 0 Å². The van der Waals surface area contributed by atoms with E-state index in [1.807, 2.05) is 0 Å². The van der Waals surface area contributed by atoms with E-state index in [0.717, 1.165) is 12.1 Å². The molecular formula is C19H20F3N5O2S. The number of aromatic nitrogens is 2. The van der Waals surface area contributed by atoms with Crippen LogP contribution in [0.3, 0.4) is 0 Å². The van der Waals surface area contributed by atoms with Crippen LogP contribution in [0.25, 0.3) is 0 Å². The van der Waals surface area contributed by atoms with Crippen LogP contribution in [0, 0.1) is 24.4 Å². The third kappa shape index (κ3) is 3.51. The van der Waals surface area contributed by atoms with Gasteiger partial charge in [-0.3, -0.25) is 9.00 Å². The highest BCUT2D eigenvalue weighted by molar-refractivity contribution is 7.85. The highest BCUT2D eigenvalue weighted by Gasteiger charge is 2.36. The minimum atomic E-state index is -1.65. The summed E-state index contributed by atoms with van der Waals surface area (Å²) in [6, 6.07) is 1.12. The molecule has 2 aromatic rings. The van der Waals surface area contributed by atoms with Gasteiger partial charge in [0.05, 0.1) is 16.5 Å². The van der Waals surface area contributed by atoms with E-state index in [1.54, 1.807) is 25.8 Å². The van der Waals surface area contributed by atoms with Crippen molar-refractivity contribution in [2.45, 2.75) is 48.9 Å². The number of anilines is 3. The number of fused-ring (bicyclic) bond motifs is 1. The number of carbonyl (C=O) groups is 1. The van der Waals surface area contributed by atoms with E-state index >= 15 is 0 Å². The first kappa shape index (κ1) is 20.6. The normalized spacial score (nSPS) is 24.0.